The van der Waals surface area contributed by atoms with E-state index in [4.69, 9.17) is 0 Å². The normalized spacial score (nSPS) is 21.5. The largest absolute Gasteiger partial charge is 0.359 e. The molecule has 1 amide bonds. The highest BCUT2D eigenvalue weighted by Crippen LogP contribution is 2.28. The molecule has 0 bridgehead atoms. The molecule has 2 aliphatic rings. The van der Waals surface area contributed by atoms with Crippen LogP contribution in [-0.4, -0.2) is 46.0 Å². The summed E-state index contributed by atoms with van der Waals surface area (Å²) in [5.74, 6) is 1.20. The molecule has 2 N–H and O–H groups in total. The number of nitrogens with one attached hydrogen (secondary N) is 2. The van der Waals surface area contributed by atoms with Gasteiger partial charge in [0.25, 0.3) is 0 Å². The molecule has 8 heteroatoms. The quantitative estimate of drug-likeness (QED) is 0.788. The lowest BCUT2D eigenvalue weighted by Crippen LogP contribution is -2.42. The molecule has 24 heavy (non-hydrogen) atoms. The minimum Gasteiger partial charge on any atom is -0.359 e. The van der Waals surface area contributed by atoms with Crippen molar-refractivity contribution in [2.24, 2.45) is 11.8 Å². The third-order valence-electron chi connectivity index (χ3n) is 4.65. The molecule has 2 heterocycles. The minimum absolute atomic E-state index is 0.0446. The maximum Gasteiger partial charge on any atom is 0.242 e. The van der Waals surface area contributed by atoms with Crippen LogP contribution in [0.3, 0.4) is 0 Å². The van der Waals surface area contributed by atoms with Gasteiger partial charge in [0.2, 0.25) is 15.9 Å². The number of anilines is 1. The number of carbonyl (C=O) groups excluding carboxylic acids is 1. The second-order valence-electron chi connectivity index (χ2n) is 6.55. The monoisotopic (exact) mass is 352 g/mol. The Morgan fingerprint density at radius 2 is 2.12 bits per heavy atom. The van der Waals surface area contributed by atoms with Gasteiger partial charge in [-0.3, -0.25) is 4.79 Å². The van der Waals surface area contributed by atoms with Crippen molar-refractivity contribution >= 4 is 21.7 Å². The molecule has 1 saturated heterocycles. The van der Waals surface area contributed by atoms with Crippen molar-refractivity contribution in [3.8, 4) is 0 Å². The van der Waals surface area contributed by atoms with Gasteiger partial charge < -0.3 is 10.2 Å². The topological polar surface area (TPSA) is 91.4 Å². The summed E-state index contributed by atoms with van der Waals surface area (Å²) in [6.07, 6.45) is 5.38. The fraction of sp³-hybridized carbons (Fsp3) is 0.625. The van der Waals surface area contributed by atoms with Gasteiger partial charge in [0.05, 0.1) is 5.92 Å². The van der Waals surface area contributed by atoms with Crippen LogP contribution in [0.15, 0.2) is 23.2 Å². The first-order chi connectivity index (χ1) is 11.5. The second kappa shape index (κ2) is 7.06. The molecule has 0 aromatic carbocycles. The van der Waals surface area contributed by atoms with Crippen molar-refractivity contribution in [3.05, 3.63) is 18.3 Å². The lowest BCUT2D eigenvalue weighted by molar-refractivity contribution is -0.124. The molecule has 1 aliphatic carbocycles. The first-order valence-corrected chi connectivity index (χ1v) is 9.90. The summed E-state index contributed by atoms with van der Waals surface area (Å²) in [6.45, 7) is 1.94. The van der Waals surface area contributed by atoms with E-state index >= 15 is 0 Å². The number of hydrogen-bond acceptors (Lipinski definition) is 5. The lowest BCUT2D eigenvalue weighted by Gasteiger charge is -2.32. The van der Waals surface area contributed by atoms with Crippen LogP contribution in [0, 0.1) is 11.8 Å². The summed E-state index contributed by atoms with van der Waals surface area (Å²) in [5, 5.41) is 2.69. The second-order valence-corrected chi connectivity index (χ2v) is 8.31. The fourth-order valence-corrected chi connectivity index (χ4v) is 4.02. The number of nitrogens with zero attached hydrogens (tertiary/aromatic N) is 2. The Labute approximate surface area is 142 Å². The Hall–Kier alpha value is -1.67. The zero-order valence-electron chi connectivity index (χ0n) is 13.9. The first kappa shape index (κ1) is 17.2. The van der Waals surface area contributed by atoms with E-state index in [1.165, 1.54) is 6.20 Å². The maximum atomic E-state index is 12.2. The van der Waals surface area contributed by atoms with Crippen LogP contribution in [0.4, 0.5) is 5.82 Å². The predicted molar refractivity (Wildman–Crippen MR) is 91.2 cm³/mol. The standard InChI is InChI=1S/C16H24N4O3S/c1-17-16(21)13-3-2-8-20(11-13)15-7-6-14(10-18-15)24(22,23)19-9-12-4-5-12/h6-7,10,12-13,19H,2-5,8-9,11H2,1H3,(H,17,21). The van der Waals surface area contributed by atoms with Crippen molar-refractivity contribution in [2.75, 3.05) is 31.6 Å². The number of carbonyl (C=O) groups is 1. The number of aromatic nitrogens is 1. The third-order valence-corrected chi connectivity index (χ3v) is 6.06. The van der Waals surface area contributed by atoms with Gasteiger partial charge in [-0.2, -0.15) is 0 Å². The van der Waals surface area contributed by atoms with E-state index in [2.05, 4.69) is 15.0 Å². The summed E-state index contributed by atoms with van der Waals surface area (Å²) in [7, 11) is -1.84. The lowest BCUT2D eigenvalue weighted by atomic mass is 9.97. The van der Waals surface area contributed by atoms with E-state index in [0.717, 1.165) is 32.2 Å². The van der Waals surface area contributed by atoms with Gasteiger partial charge in [-0.15, -0.1) is 0 Å². The van der Waals surface area contributed by atoms with Crippen molar-refractivity contribution in [3.63, 3.8) is 0 Å². The number of hydrogen-bond donors (Lipinski definition) is 2. The zero-order valence-corrected chi connectivity index (χ0v) is 14.7. The van der Waals surface area contributed by atoms with Crippen LogP contribution in [-0.2, 0) is 14.8 Å². The Balaban J connectivity index is 1.66. The molecule has 132 valence electrons. The molecular formula is C16H24N4O3S. The number of pyridine rings is 1. The molecule has 1 aromatic heterocycles. The third kappa shape index (κ3) is 4.05. The Morgan fingerprint density at radius 1 is 1.33 bits per heavy atom. The van der Waals surface area contributed by atoms with Crippen LogP contribution in [0.2, 0.25) is 0 Å². The highest BCUT2D eigenvalue weighted by molar-refractivity contribution is 7.89. The van der Waals surface area contributed by atoms with Crippen LogP contribution < -0.4 is 14.9 Å². The van der Waals surface area contributed by atoms with Gasteiger partial charge in [0.15, 0.2) is 0 Å². The molecule has 1 unspecified atom stereocenters. The summed E-state index contributed by atoms with van der Waals surface area (Å²) < 4.78 is 27.1. The Bertz CT molecular complexity index is 686. The van der Waals surface area contributed by atoms with Gasteiger partial charge in [0.1, 0.15) is 10.7 Å². The molecule has 1 saturated carbocycles. The maximum absolute atomic E-state index is 12.2. The Kier molecular flexibility index (Phi) is 5.05. The van der Waals surface area contributed by atoms with Gasteiger partial charge in [0, 0.05) is 32.9 Å². The average molecular weight is 352 g/mol. The highest BCUT2D eigenvalue weighted by Gasteiger charge is 2.27. The summed E-state index contributed by atoms with van der Waals surface area (Å²) >= 11 is 0. The van der Waals surface area contributed by atoms with E-state index in [0.29, 0.717) is 24.8 Å². The highest BCUT2D eigenvalue weighted by atomic mass is 32.2. The summed E-state index contributed by atoms with van der Waals surface area (Å²) in [5.41, 5.74) is 0. The minimum atomic E-state index is -3.49. The number of piperidine rings is 1. The van der Waals surface area contributed by atoms with E-state index in [9.17, 15) is 13.2 Å². The molecule has 1 atom stereocenters. The molecule has 0 spiro atoms. The van der Waals surface area contributed by atoms with Gasteiger partial charge in [-0.25, -0.2) is 18.1 Å². The van der Waals surface area contributed by atoms with Crippen LogP contribution in [0.25, 0.3) is 0 Å². The average Bonchev–Trinajstić information content (AvgIpc) is 3.44. The molecule has 1 aromatic rings. The molecule has 2 fully saturated rings. The van der Waals surface area contributed by atoms with Gasteiger partial charge >= 0.3 is 0 Å². The number of amides is 1. The van der Waals surface area contributed by atoms with Crippen LogP contribution in [0.1, 0.15) is 25.7 Å². The summed E-state index contributed by atoms with van der Waals surface area (Å²) in [4.78, 5) is 18.3. The van der Waals surface area contributed by atoms with Crippen LogP contribution in [0.5, 0.6) is 0 Å². The van der Waals surface area contributed by atoms with Gasteiger partial charge in [-0.1, -0.05) is 0 Å². The fourth-order valence-electron chi connectivity index (χ4n) is 2.95. The molecule has 7 nitrogen and oxygen atoms in total. The molecular weight excluding hydrogens is 328 g/mol. The van der Waals surface area contributed by atoms with E-state index in [1.807, 2.05) is 4.90 Å². The molecule has 1 aliphatic heterocycles. The van der Waals surface area contributed by atoms with Crippen molar-refractivity contribution in [2.45, 2.75) is 30.6 Å². The van der Waals surface area contributed by atoms with Crippen molar-refractivity contribution in [1.29, 1.82) is 0 Å². The SMILES string of the molecule is CNC(=O)C1CCCN(c2ccc(S(=O)(=O)NCC3CC3)cn2)C1. The van der Waals surface area contributed by atoms with E-state index < -0.39 is 10.0 Å². The van der Waals surface area contributed by atoms with Crippen LogP contribution >= 0.6 is 0 Å². The number of rotatable bonds is 6. The van der Waals surface area contributed by atoms with E-state index in [1.54, 1.807) is 19.2 Å². The predicted octanol–water partition coefficient (Wildman–Crippen LogP) is 0.732. The smallest absolute Gasteiger partial charge is 0.242 e. The Morgan fingerprint density at radius 3 is 2.75 bits per heavy atom. The van der Waals surface area contributed by atoms with Crippen molar-refractivity contribution < 1.29 is 13.2 Å². The first-order valence-electron chi connectivity index (χ1n) is 8.42. The number of sulfonamides is 1. The van der Waals surface area contributed by atoms with Crippen molar-refractivity contribution in [1.82, 2.24) is 15.0 Å². The van der Waals surface area contributed by atoms with Gasteiger partial charge in [-0.05, 0) is 43.7 Å². The zero-order chi connectivity index (χ0) is 17.2. The molecule has 3 rings (SSSR count). The summed E-state index contributed by atoms with van der Waals surface area (Å²) in [6, 6.07) is 3.30. The molecule has 0 radical (unpaired) electrons. The van der Waals surface area contributed by atoms with E-state index in [-0.39, 0.29) is 16.7 Å².